The third kappa shape index (κ3) is 4.46. The van der Waals surface area contributed by atoms with Crippen LogP contribution in [0.3, 0.4) is 0 Å². The highest BCUT2D eigenvalue weighted by atomic mass is 35.5. The van der Waals surface area contributed by atoms with Gasteiger partial charge in [0.2, 0.25) is 0 Å². The molecule has 0 fully saturated rings. The van der Waals surface area contributed by atoms with E-state index in [0.717, 1.165) is 0 Å². The number of methoxy groups -OCH3 is 1. The molecule has 110 valence electrons. The summed E-state index contributed by atoms with van der Waals surface area (Å²) in [6.07, 6.45) is -0.0808. The van der Waals surface area contributed by atoms with Crippen LogP contribution in [0.25, 0.3) is 0 Å². The zero-order chi connectivity index (χ0) is 15.4. The van der Waals surface area contributed by atoms with Crippen LogP contribution in [0, 0.1) is 0 Å². The molecule has 0 saturated heterocycles. The summed E-state index contributed by atoms with van der Waals surface area (Å²) in [6.45, 7) is 5.41. The molecule has 0 aliphatic heterocycles. The van der Waals surface area contributed by atoms with Crippen molar-refractivity contribution in [3.63, 3.8) is 0 Å². The minimum atomic E-state index is -1.20. The highest BCUT2D eigenvalue weighted by Crippen LogP contribution is 2.36. The number of rotatable bonds is 4. The van der Waals surface area contributed by atoms with E-state index in [4.69, 9.17) is 33.3 Å². The van der Waals surface area contributed by atoms with E-state index in [1.54, 1.807) is 20.8 Å². The van der Waals surface area contributed by atoms with E-state index in [1.165, 1.54) is 7.11 Å². The molecule has 5 heteroatoms. The fourth-order valence-corrected chi connectivity index (χ4v) is 2.23. The van der Waals surface area contributed by atoms with Gasteiger partial charge in [-0.3, -0.25) is 4.79 Å². The van der Waals surface area contributed by atoms with Crippen molar-refractivity contribution in [1.29, 1.82) is 0 Å². The summed E-state index contributed by atoms with van der Waals surface area (Å²) < 4.78 is 10.4. The van der Waals surface area contributed by atoms with Crippen molar-refractivity contribution in [1.82, 2.24) is 0 Å². The summed E-state index contributed by atoms with van der Waals surface area (Å²) >= 11 is 11.7. The zero-order valence-electron chi connectivity index (χ0n) is 12.1. The lowest BCUT2D eigenvalue weighted by atomic mass is 9.95. The van der Waals surface area contributed by atoms with Crippen molar-refractivity contribution < 1.29 is 14.3 Å². The van der Waals surface area contributed by atoms with Gasteiger partial charge in [-0.25, -0.2) is 0 Å². The number of halogens is 1. The largest absolute Gasteiger partial charge is 0.488 e. The quantitative estimate of drug-likeness (QED) is 0.481. The van der Waals surface area contributed by atoms with Gasteiger partial charge in [-0.15, -0.1) is 11.6 Å². The van der Waals surface area contributed by atoms with Gasteiger partial charge in [0.1, 0.15) is 10.5 Å². The summed E-state index contributed by atoms with van der Waals surface area (Å²) in [7, 11) is 1.44. The van der Waals surface area contributed by atoms with Crippen molar-refractivity contribution in [3.8, 4) is 0 Å². The first-order valence-corrected chi connectivity index (χ1v) is 7.02. The van der Waals surface area contributed by atoms with Crippen LogP contribution in [0.15, 0.2) is 30.3 Å². The Morgan fingerprint density at radius 3 is 2.25 bits per heavy atom. The van der Waals surface area contributed by atoms with Gasteiger partial charge in [0.15, 0.2) is 5.05 Å². The first-order chi connectivity index (χ1) is 9.19. The van der Waals surface area contributed by atoms with Gasteiger partial charge < -0.3 is 9.47 Å². The number of thiocarbonyl (C=S) groups is 1. The van der Waals surface area contributed by atoms with E-state index in [9.17, 15) is 4.79 Å². The summed E-state index contributed by atoms with van der Waals surface area (Å²) in [6, 6.07) is 9.15. The molecule has 20 heavy (non-hydrogen) atoms. The van der Waals surface area contributed by atoms with Gasteiger partial charge in [0.25, 0.3) is 0 Å². The number of carbonyl (C=O) groups is 1. The Balaban J connectivity index is 3.02. The van der Waals surface area contributed by atoms with Gasteiger partial charge >= 0.3 is 5.97 Å². The molecule has 0 bridgehead atoms. The molecule has 1 unspecified atom stereocenters. The number of hydrogen-bond acceptors (Lipinski definition) is 4. The first kappa shape index (κ1) is 16.9. The SMILES string of the molecule is COC(=S)C(Cl)(CC(=O)OC(C)(C)C)c1ccccc1. The Morgan fingerprint density at radius 1 is 1.25 bits per heavy atom. The maximum Gasteiger partial charge on any atom is 0.308 e. The molecule has 0 N–H and O–H groups in total. The van der Waals surface area contributed by atoms with Crippen molar-refractivity contribution >= 4 is 34.8 Å². The summed E-state index contributed by atoms with van der Waals surface area (Å²) in [5.41, 5.74) is 0.139. The standard InChI is InChI=1S/C15H19ClO3S/c1-14(2,3)19-12(17)10-15(16,13(20)18-4)11-8-6-5-7-9-11/h5-9H,10H2,1-4H3. The summed E-state index contributed by atoms with van der Waals surface area (Å²) in [4.78, 5) is 10.8. The molecule has 1 aromatic carbocycles. The van der Waals surface area contributed by atoms with E-state index in [2.05, 4.69) is 0 Å². The fourth-order valence-electron chi connectivity index (χ4n) is 1.73. The molecule has 0 heterocycles. The van der Waals surface area contributed by atoms with Crippen LogP contribution < -0.4 is 0 Å². The second-order valence-corrected chi connectivity index (χ2v) is 6.44. The summed E-state index contributed by atoms with van der Waals surface area (Å²) in [5.74, 6) is -0.421. The Bertz CT molecular complexity index is 482. The van der Waals surface area contributed by atoms with Crippen molar-refractivity contribution in [2.24, 2.45) is 0 Å². The molecule has 0 aliphatic rings. The average molecular weight is 315 g/mol. The zero-order valence-corrected chi connectivity index (χ0v) is 13.7. The van der Waals surface area contributed by atoms with Crippen LogP contribution in [0.4, 0.5) is 0 Å². The van der Waals surface area contributed by atoms with E-state index in [0.29, 0.717) is 5.56 Å². The minimum absolute atomic E-state index is 0.0808. The molecule has 3 nitrogen and oxygen atoms in total. The number of esters is 1. The van der Waals surface area contributed by atoms with Gasteiger partial charge in [-0.1, -0.05) is 30.3 Å². The Hall–Kier alpha value is -1.13. The topological polar surface area (TPSA) is 35.5 Å². The second kappa shape index (κ2) is 6.55. The van der Waals surface area contributed by atoms with Crippen LogP contribution in [0.2, 0.25) is 0 Å². The molecular weight excluding hydrogens is 296 g/mol. The first-order valence-electron chi connectivity index (χ1n) is 6.24. The van der Waals surface area contributed by atoms with Gasteiger partial charge in [-0.2, -0.15) is 0 Å². The lowest BCUT2D eigenvalue weighted by Gasteiger charge is -2.28. The maximum atomic E-state index is 12.0. The number of ether oxygens (including phenoxy) is 2. The molecule has 1 rings (SSSR count). The normalized spacial score (nSPS) is 14.2. The third-order valence-electron chi connectivity index (χ3n) is 2.55. The lowest BCUT2D eigenvalue weighted by molar-refractivity contribution is -0.155. The predicted molar refractivity (Wildman–Crippen MR) is 84.0 cm³/mol. The van der Waals surface area contributed by atoms with Crippen LogP contribution in [0.5, 0.6) is 0 Å². The fraction of sp³-hybridized carbons (Fsp3) is 0.467. The highest BCUT2D eigenvalue weighted by molar-refractivity contribution is 7.80. The third-order valence-corrected chi connectivity index (χ3v) is 3.70. The van der Waals surface area contributed by atoms with Crippen molar-refractivity contribution in [2.75, 3.05) is 7.11 Å². The monoisotopic (exact) mass is 314 g/mol. The Labute approximate surface area is 130 Å². The molecular formula is C15H19ClO3S. The summed E-state index contributed by atoms with van der Waals surface area (Å²) in [5, 5.41) is 0.149. The van der Waals surface area contributed by atoms with E-state index >= 15 is 0 Å². The molecule has 0 amide bonds. The number of benzene rings is 1. The molecule has 0 aliphatic carbocycles. The van der Waals surface area contributed by atoms with Gasteiger partial charge in [-0.05, 0) is 38.6 Å². The molecule has 0 radical (unpaired) electrons. The van der Waals surface area contributed by atoms with Crippen LogP contribution >= 0.6 is 23.8 Å². The predicted octanol–water partition coefficient (Wildman–Crippen LogP) is 3.83. The van der Waals surface area contributed by atoms with Crippen LogP contribution in [-0.4, -0.2) is 23.7 Å². The van der Waals surface area contributed by atoms with Crippen LogP contribution in [0.1, 0.15) is 32.8 Å². The van der Waals surface area contributed by atoms with Crippen molar-refractivity contribution in [2.45, 2.75) is 37.7 Å². The Morgan fingerprint density at radius 2 is 1.80 bits per heavy atom. The Kier molecular flexibility index (Phi) is 5.54. The van der Waals surface area contributed by atoms with E-state index in [-0.39, 0.29) is 11.5 Å². The number of alkyl halides is 1. The molecule has 0 aromatic heterocycles. The second-order valence-electron chi connectivity index (χ2n) is 5.42. The molecule has 1 aromatic rings. The molecule has 0 spiro atoms. The number of hydrogen-bond donors (Lipinski definition) is 0. The van der Waals surface area contributed by atoms with E-state index in [1.807, 2.05) is 30.3 Å². The van der Waals surface area contributed by atoms with Crippen LogP contribution in [-0.2, 0) is 19.1 Å². The minimum Gasteiger partial charge on any atom is -0.488 e. The lowest BCUT2D eigenvalue weighted by Crippen LogP contribution is -2.35. The van der Waals surface area contributed by atoms with E-state index < -0.39 is 16.4 Å². The van der Waals surface area contributed by atoms with Gasteiger partial charge in [0.05, 0.1) is 13.5 Å². The number of carbonyl (C=O) groups excluding carboxylic acids is 1. The smallest absolute Gasteiger partial charge is 0.308 e. The molecule has 0 saturated carbocycles. The maximum absolute atomic E-state index is 12.0. The highest BCUT2D eigenvalue weighted by Gasteiger charge is 2.39. The average Bonchev–Trinajstić information content (AvgIpc) is 2.36. The van der Waals surface area contributed by atoms with Gasteiger partial charge in [0, 0.05) is 0 Å². The molecule has 1 atom stereocenters. The van der Waals surface area contributed by atoms with Crippen molar-refractivity contribution in [3.05, 3.63) is 35.9 Å².